The van der Waals surface area contributed by atoms with Crippen molar-refractivity contribution in [3.05, 3.63) is 114 Å². The second kappa shape index (κ2) is 9.20. The van der Waals surface area contributed by atoms with Crippen molar-refractivity contribution in [2.75, 3.05) is 12.0 Å². The Labute approximate surface area is 178 Å². The highest BCUT2D eigenvalue weighted by molar-refractivity contribution is 7.98. The van der Waals surface area contributed by atoms with Gasteiger partial charge in [0.15, 0.2) is 0 Å². The molecule has 0 aliphatic rings. The number of rotatable bonds is 6. The molecule has 4 rings (SSSR count). The summed E-state index contributed by atoms with van der Waals surface area (Å²) >= 11 is 1.86. The van der Waals surface area contributed by atoms with Crippen LogP contribution in [0.25, 0.3) is 16.2 Å². The predicted octanol–water partition coefficient (Wildman–Crippen LogP) is 5.74. The van der Waals surface area contributed by atoms with Crippen LogP contribution in [-0.2, 0) is 0 Å². The van der Waals surface area contributed by atoms with Gasteiger partial charge in [-0.2, -0.15) is 11.8 Å². The van der Waals surface area contributed by atoms with Gasteiger partial charge in [-0.25, -0.2) is 0 Å². The Kier molecular flexibility index (Phi) is 6.22. The molecule has 0 nitrogen and oxygen atoms in total. The minimum Gasteiger partial charge on any atom is -0.161 e. The molecule has 0 heterocycles. The number of aryl methyl sites for hydroxylation is 1. The molecule has 0 N–H and O–H groups in total. The molecule has 2 heteroatoms. The molecule has 29 heavy (non-hydrogen) atoms. The molecule has 0 aliphatic heterocycles. The van der Waals surface area contributed by atoms with Crippen LogP contribution in [0.1, 0.15) is 11.1 Å². The maximum Gasteiger partial charge on any atom is 0.241 e. The standard InChI is InChI=1S/C27H25BS/c1-21-12-16-26(17-13-21)28(25-10-4-3-5-11-25)27(18-19-29-2)24-15-14-22-8-6-7-9-23(22)20-24/h3-18,20H,19H2,1-2H3/b27-18-. The highest BCUT2D eigenvalue weighted by atomic mass is 32.2. The molecule has 0 radical (unpaired) electrons. The first kappa shape index (κ1) is 19.6. The Hall–Kier alpha value is -2.71. The Morgan fingerprint density at radius 1 is 0.759 bits per heavy atom. The zero-order valence-electron chi connectivity index (χ0n) is 17.0. The summed E-state index contributed by atoms with van der Waals surface area (Å²) in [4.78, 5) is 0. The normalized spacial score (nSPS) is 11.6. The fraction of sp³-hybridized carbons (Fsp3) is 0.111. The van der Waals surface area contributed by atoms with Crippen molar-refractivity contribution < 1.29 is 0 Å². The van der Waals surface area contributed by atoms with Crippen molar-refractivity contribution >= 4 is 45.6 Å². The van der Waals surface area contributed by atoms with Gasteiger partial charge in [0.25, 0.3) is 0 Å². The summed E-state index contributed by atoms with van der Waals surface area (Å²) in [5, 5.41) is 2.57. The molecule has 0 saturated carbocycles. The Morgan fingerprint density at radius 3 is 2.14 bits per heavy atom. The van der Waals surface area contributed by atoms with E-state index in [0.29, 0.717) is 0 Å². The van der Waals surface area contributed by atoms with Gasteiger partial charge in [-0.1, -0.05) is 119 Å². The van der Waals surface area contributed by atoms with Crippen LogP contribution in [0.2, 0.25) is 0 Å². The molecule has 0 unspecified atom stereocenters. The molecule has 142 valence electrons. The highest BCUT2D eigenvalue weighted by Crippen LogP contribution is 2.24. The lowest BCUT2D eigenvalue weighted by molar-refractivity contribution is 1.49. The van der Waals surface area contributed by atoms with E-state index in [2.05, 4.69) is 116 Å². The maximum absolute atomic E-state index is 2.41. The van der Waals surface area contributed by atoms with Crippen molar-refractivity contribution in [3.63, 3.8) is 0 Å². The third-order valence-electron chi connectivity index (χ3n) is 5.41. The number of benzene rings is 4. The molecular formula is C27H25BS. The fourth-order valence-electron chi connectivity index (χ4n) is 3.90. The summed E-state index contributed by atoms with van der Waals surface area (Å²) in [7, 11) is 0. The third kappa shape index (κ3) is 4.49. The molecule has 0 bridgehead atoms. The van der Waals surface area contributed by atoms with E-state index in [9.17, 15) is 0 Å². The first-order valence-electron chi connectivity index (χ1n) is 10.1. The second-order valence-electron chi connectivity index (χ2n) is 7.43. The van der Waals surface area contributed by atoms with Gasteiger partial charge in [0, 0.05) is 5.75 Å². The summed E-state index contributed by atoms with van der Waals surface area (Å²) in [5.74, 6) is 0.997. The topological polar surface area (TPSA) is 0 Å². The molecule has 0 aromatic heterocycles. The average molecular weight is 392 g/mol. The Morgan fingerprint density at radius 2 is 1.41 bits per heavy atom. The molecule has 0 aliphatic carbocycles. The molecule has 0 spiro atoms. The molecule has 0 atom stereocenters. The Balaban J connectivity index is 1.89. The van der Waals surface area contributed by atoms with Crippen LogP contribution in [0.5, 0.6) is 0 Å². The van der Waals surface area contributed by atoms with Crippen molar-refractivity contribution in [2.45, 2.75) is 6.92 Å². The zero-order chi connectivity index (χ0) is 20.1. The van der Waals surface area contributed by atoms with Crippen LogP contribution in [0.15, 0.2) is 103 Å². The summed E-state index contributed by atoms with van der Waals surface area (Å²) in [5.41, 5.74) is 6.63. The van der Waals surface area contributed by atoms with E-state index in [0.717, 1.165) is 5.75 Å². The average Bonchev–Trinajstić information content (AvgIpc) is 2.78. The summed E-state index contributed by atoms with van der Waals surface area (Å²) in [6.07, 6.45) is 4.57. The minimum atomic E-state index is 0.213. The van der Waals surface area contributed by atoms with Gasteiger partial charge in [-0.3, -0.25) is 0 Å². The second-order valence-corrected chi connectivity index (χ2v) is 8.34. The van der Waals surface area contributed by atoms with Crippen LogP contribution < -0.4 is 10.9 Å². The van der Waals surface area contributed by atoms with Crippen LogP contribution in [0, 0.1) is 6.92 Å². The van der Waals surface area contributed by atoms with E-state index in [1.807, 2.05) is 11.8 Å². The molecule has 0 amide bonds. The van der Waals surface area contributed by atoms with E-state index in [1.54, 1.807) is 0 Å². The number of hydrogen-bond acceptors (Lipinski definition) is 1. The first-order chi connectivity index (χ1) is 14.3. The smallest absolute Gasteiger partial charge is 0.161 e. The lowest BCUT2D eigenvalue weighted by Gasteiger charge is -2.20. The van der Waals surface area contributed by atoms with E-state index < -0.39 is 0 Å². The van der Waals surface area contributed by atoms with Crippen LogP contribution in [-0.4, -0.2) is 18.7 Å². The van der Waals surface area contributed by atoms with Crippen molar-refractivity contribution in [1.82, 2.24) is 0 Å². The highest BCUT2D eigenvalue weighted by Gasteiger charge is 2.25. The monoisotopic (exact) mass is 392 g/mol. The van der Waals surface area contributed by atoms with Crippen molar-refractivity contribution in [2.24, 2.45) is 0 Å². The van der Waals surface area contributed by atoms with E-state index in [4.69, 9.17) is 0 Å². The van der Waals surface area contributed by atoms with Crippen LogP contribution in [0.4, 0.5) is 0 Å². The quantitative estimate of drug-likeness (QED) is 0.377. The number of hydrogen-bond donors (Lipinski definition) is 0. The summed E-state index contributed by atoms with van der Waals surface area (Å²) < 4.78 is 0. The lowest BCUT2D eigenvalue weighted by atomic mass is 9.35. The third-order valence-corrected chi connectivity index (χ3v) is 5.91. The van der Waals surface area contributed by atoms with Gasteiger partial charge >= 0.3 is 0 Å². The van der Waals surface area contributed by atoms with Gasteiger partial charge < -0.3 is 0 Å². The number of thioether (sulfide) groups is 1. The fourth-order valence-corrected chi connectivity index (χ4v) is 4.25. The molecule has 4 aromatic carbocycles. The van der Waals surface area contributed by atoms with Crippen molar-refractivity contribution in [3.8, 4) is 0 Å². The number of fused-ring (bicyclic) bond motifs is 1. The predicted molar refractivity (Wildman–Crippen MR) is 133 cm³/mol. The lowest BCUT2D eigenvalue weighted by Crippen LogP contribution is -2.43. The first-order valence-corrected chi connectivity index (χ1v) is 11.5. The van der Waals surface area contributed by atoms with Crippen molar-refractivity contribution in [1.29, 1.82) is 0 Å². The Bertz CT molecular complexity index is 1110. The van der Waals surface area contributed by atoms with E-state index >= 15 is 0 Å². The van der Waals surface area contributed by atoms with Gasteiger partial charge in [0.1, 0.15) is 0 Å². The van der Waals surface area contributed by atoms with Gasteiger partial charge in [0.2, 0.25) is 6.71 Å². The van der Waals surface area contributed by atoms with Gasteiger partial charge in [-0.05, 0) is 35.6 Å². The van der Waals surface area contributed by atoms with Crippen LogP contribution in [0.3, 0.4) is 0 Å². The summed E-state index contributed by atoms with van der Waals surface area (Å²) in [6, 6.07) is 35.3. The maximum atomic E-state index is 2.41. The summed E-state index contributed by atoms with van der Waals surface area (Å²) in [6.45, 7) is 2.36. The van der Waals surface area contributed by atoms with Gasteiger partial charge in [0.05, 0.1) is 0 Å². The minimum absolute atomic E-state index is 0.213. The molecular weight excluding hydrogens is 367 g/mol. The largest absolute Gasteiger partial charge is 0.241 e. The van der Waals surface area contributed by atoms with Gasteiger partial charge in [-0.15, -0.1) is 0 Å². The van der Waals surface area contributed by atoms with E-state index in [1.165, 1.54) is 38.3 Å². The van der Waals surface area contributed by atoms with E-state index in [-0.39, 0.29) is 6.71 Å². The molecule has 4 aromatic rings. The molecule has 0 saturated heterocycles. The zero-order valence-corrected chi connectivity index (χ0v) is 17.8. The molecule has 0 fully saturated rings. The SMILES string of the molecule is CSC/C=C(\B(c1ccccc1)c1ccc(C)cc1)c1ccc2ccccc2c1. The van der Waals surface area contributed by atoms with Crippen LogP contribution >= 0.6 is 11.8 Å².